The van der Waals surface area contributed by atoms with E-state index in [-0.39, 0.29) is 24.2 Å². The molecule has 0 radical (unpaired) electrons. The molecule has 7 nitrogen and oxygen atoms in total. The number of hydrogen-bond donors (Lipinski definition) is 1. The van der Waals surface area contributed by atoms with E-state index in [4.69, 9.17) is 4.74 Å². The molecule has 0 spiro atoms. The van der Waals surface area contributed by atoms with Crippen LogP contribution in [0.4, 0.5) is 0 Å². The van der Waals surface area contributed by atoms with Gasteiger partial charge >= 0.3 is 0 Å². The highest BCUT2D eigenvalue weighted by molar-refractivity contribution is 5.89. The number of fused-ring (bicyclic) bond motifs is 1. The molecule has 0 aromatic carbocycles. The minimum absolute atomic E-state index is 0.0209. The largest absolute Gasteiger partial charge is 0.383 e. The number of amides is 2. The molecule has 2 aromatic rings. The van der Waals surface area contributed by atoms with Gasteiger partial charge in [0.2, 0.25) is 11.8 Å². The summed E-state index contributed by atoms with van der Waals surface area (Å²) in [6.07, 6.45) is 4.86. The predicted molar refractivity (Wildman–Crippen MR) is 88.5 cm³/mol. The summed E-state index contributed by atoms with van der Waals surface area (Å²) in [7, 11) is 1.60. The number of imidazole rings is 1. The standard InChI is InChI=1S/C17H22N4O3/c1-24-9-8-21-11-13(10-16(21)22)17(23)18-6-5-14-12-20-7-3-2-4-15(20)19-14/h2-4,7,12-13H,5-6,8-11H2,1H3,(H,18,23). The topological polar surface area (TPSA) is 75.9 Å². The van der Waals surface area contributed by atoms with E-state index in [2.05, 4.69) is 10.3 Å². The van der Waals surface area contributed by atoms with E-state index in [1.54, 1.807) is 12.0 Å². The summed E-state index contributed by atoms with van der Waals surface area (Å²) >= 11 is 0. The van der Waals surface area contributed by atoms with Crippen LogP contribution in [0.25, 0.3) is 5.65 Å². The lowest BCUT2D eigenvalue weighted by atomic mass is 10.1. The molecule has 0 bridgehead atoms. The van der Waals surface area contributed by atoms with Gasteiger partial charge in [-0.2, -0.15) is 0 Å². The molecule has 2 aromatic heterocycles. The first-order valence-corrected chi connectivity index (χ1v) is 8.14. The Balaban J connectivity index is 1.46. The molecule has 128 valence electrons. The van der Waals surface area contributed by atoms with Gasteiger partial charge in [0.05, 0.1) is 18.2 Å². The van der Waals surface area contributed by atoms with E-state index >= 15 is 0 Å². The Morgan fingerprint density at radius 1 is 1.46 bits per heavy atom. The highest BCUT2D eigenvalue weighted by Crippen LogP contribution is 2.17. The highest BCUT2D eigenvalue weighted by atomic mass is 16.5. The first kappa shape index (κ1) is 16.4. The van der Waals surface area contributed by atoms with Crippen molar-refractivity contribution in [3.63, 3.8) is 0 Å². The molecule has 1 aliphatic rings. The second-order valence-corrected chi connectivity index (χ2v) is 5.97. The lowest BCUT2D eigenvalue weighted by Crippen LogP contribution is -2.34. The van der Waals surface area contributed by atoms with E-state index in [0.29, 0.717) is 32.7 Å². The van der Waals surface area contributed by atoms with Crippen LogP contribution in [-0.4, -0.2) is 59.4 Å². The predicted octanol–water partition coefficient (Wildman–Crippen LogP) is 0.488. The number of likely N-dealkylation sites (tertiary alicyclic amines) is 1. The zero-order chi connectivity index (χ0) is 16.9. The average Bonchev–Trinajstić information content (AvgIpc) is 3.15. The summed E-state index contributed by atoms with van der Waals surface area (Å²) in [6.45, 7) is 2.03. The molecule has 1 unspecified atom stereocenters. The molecule has 0 saturated carbocycles. The van der Waals surface area contributed by atoms with Gasteiger partial charge in [0.25, 0.3) is 0 Å². The second kappa shape index (κ2) is 7.44. The minimum Gasteiger partial charge on any atom is -0.383 e. The van der Waals surface area contributed by atoms with Crippen LogP contribution in [0, 0.1) is 5.92 Å². The van der Waals surface area contributed by atoms with E-state index in [0.717, 1.165) is 11.3 Å². The molecular formula is C17H22N4O3. The molecule has 1 saturated heterocycles. The Kier molecular flexibility index (Phi) is 5.10. The molecule has 3 rings (SSSR count). The fourth-order valence-electron chi connectivity index (χ4n) is 2.93. The van der Waals surface area contributed by atoms with E-state index in [1.165, 1.54) is 0 Å². The summed E-state index contributed by atoms with van der Waals surface area (Å²) in [4.78, 5) is 30.3. The number of ether oxygens (including phenoxy) is 1. The lowest BCUT2D eigenvalue weighted by molar-refractivity contribution is -0.129. The highest BCUT2D eigenvalue weighted by Gasteiger charge is 2.33. The van der Waals surface area contributed by atoms with Gasteiger partial charge in [-0.15, -0.1) is 0 Å². The Labute approximate surface area is 140 Å². The third-order valence-electron chi connectivity index (χ3n) is 4.24. The average molecular weight is 330 g/mol. The Bertz CT molecular complexity index is 694. The molecule has 3 heterocycles. The monoisotopic (exact) mass is 330 g/mol. The van der Waals surface area contributed by atoms with E-state index in [9.17, 15) is 9.59 Å². The Hall–Kier alpha value is -2.41. The fourth-order valence-corrected chi connectivity index (χ4v) is 2.93. The quantitative estimate of drug-likeness (QED) is 0.801. The number of hydrogen-bond acceptors (Lipinski definition) is 4. The first-order chi connectivity index (χ1) is 11.7. The van der Waals surface area contributed by atoms with Gasteiger partial charge in [-0.05, 0) is 12.1 Å². The summed E-state index contributed by atoms with van der Waals surface area (Å²) < 4.78 is 6.94. The maximum atomic E-state index is 12.2. The van der Waals surface area contributed by atoms with Gasteiger partial charge < -0.3 is 19.4 Å². The number of carbonyl (C=O) groups excluding carboxylic acids is 2. The zero-order valence-electron chi connectivity index (χ0n) is 13.8. The van der Waals surface area contributed by atoms with Crippen LogP contribution >= 0.6 is 0 Å². The summed E-state index contributed by atoms with van der Waals surface area (Å²) in [6, 6.07) is 5.84. The van der Waals surface area contributed by atoms with Crippen LogP contribution in [0.1, 0.15) is 12.1 Å². The molecule has 1 fully saturated rings. The number of nitrogens with zero attached hydrogens (tertiary/aromatic N) is 3. The van der Waals surface area contributed by atoms with Crippen molar-refractivity contribution in [2.24, 2.45) is 5.92 Å². The van der Waals surface area contributed by atoms with Gasteiger partial charge in [-0.25, -0.2) is 4.98 Å². The van der Waals surface area contributed by atoms with Crippen molar-refractivity contribution in [2.45, 2.75) is 12.8 Å². The van der Waals surface area contributed by atoms with E-state index < -0.39 is 0 Å². The number of methoxy groups -OCH3 is 1. The van der Waals surface area contributed by atoms with Crippen LogP contribution in [0.15, 0.2) is 30.6 Å². The first-order valence-electron chi connectivity index (χ1n) is 8.14. The number of carbonyl (C=O) groups is 2. The van der Waals surface area contributed by atoms with Crippen LogP contribution in [-0.2, 0) is 20.7 Å². The summed E-state index contributed by atoms with van der Waals surface area (Å²) in [5.41, 5.74) is 1.83. The number of aromatic nitrogens is 2. The third-order valence-corrected chi connectivity index (χ3v) is 4.24. The minimum atomic E-state index is -0.268. The number of rotatable bonds is 7. The molecule has 1 atom stereocenters. The van der Waals surface area contributed by atoms with Crippen LogP contribution < -0.4 is 5.32 Å². The molecule has 2 amide bonds. The molecule has 1 aliphatic heterocycles. The van der Waals surface area contributed by atoms with Gasteiger partial charge in [0.15, 0.2) is 0 Å². The van der Waals surface area contributed by atoms with Crippen molar-refractivity contribution in [2.75, 3.05) is 33.4 Å². The maximum Gasteiger partial charge on any atom is 0.225 e. The normalized spacial score (nSPS) is 17.6. The lowest BCUT2D eigenvalue weighted by Gasteiger charge is -2.15. The number of nitrogens with one attached hydrogen (secondary N) is 1. The maximum absolute atomic E-state index is 12.2. The molecule has 24 heavy (non-hydrogen) atoms. The molecule has 1 N–H and O–H groups in total. The van der Waals surface area contributed by atoms with Crippen molar-refractivity contribution in [1.82, 2.24) is 19.6 Å². The van der Waals surface area contributed by atoms with Gasteiger partial charge in [0.1, 0.15) is 5.65 Å². The fraction of sp³-hybridized carbons (Fsp3) is 0.471. The Morgan fingerprint density at radius 3 is 3.12 bits per heavy atom. The third kappa shape index (κ3) is 3.73. The zero-order valence-corrected chi connectivity index (χ0v) is 13.8. The van der Waals surface area contributed by atoms with Gasteiger partial charge in [-0.3, -0.25) is 9.59 Å². The van der Waals surface area contributed by atoms with Crippen molar-refractivity contribution >= 4 is 17.5 Å². The molecule has 7 heteroatoms. The SMILES string of the molecule is COCCN1CC(C(=O)NCCc2cn3ccccc3n2)CC1=O. The van der Waals surface area contributed by atoms with Gasteiger partial charge in [-0.1, -0.05) is 6.07 Å². The second-order valence-electron chi connectivity index (χ2n) is 5.97. The van der Waals surface area contributed by atoms with Crippen LogP contribution in [0.3, 0.4) is 0 Å². The van der Waals surface area contributed by atoms with Crippen molar-refractivity contribution < 1.29 is 14.3 Å². The molecular weight excluding hydrogens is 308 g/mol. The smallest absolute Gasteiger partial charge is 0.225 e. The van der Waals surface area contributed by atoms with Gasteiger partial charge in [0, 0.05) is 52.0 Å². The Morgan fingerprint density at radius 2 is 2.33 bits per heavy atom. The summed E-state index contributed by atoms with van der Waals surface area (Å²) in [5, 5.41) is 2.92. The molecule has 0 aliphatic carbocycles. The van der Waals surface area contributed by atoms with Crippen LogP contribution in [0.2, 0.25) is 0 Å². The van der Waals surface area contributed by atoms with Crippen molar-refractivity contribution in [3.05, 3.63) is 36.3 Å². The van der Waals surface area contributed by atoms with Crippen molar-refractivity contribution in [1.29, 1.82) is 0 Å². The van der Waals surface area contributed by atoms with Crippen molar-refractivity contribution in [3.8, 4) is 0 Å². The van der Waals surface area contributed by atoms with Crippen LogP contribution in [0.5, 0.6) is 0 Å². The van der Waals surface area contributed by atoms with E-state index in [1.807, 2.05) is 35.0 Å². The summed E-state index contributed by atoms with van der Waals surface area (Å²) in [5.74, 6) is -0.310. The number of pyridine rings is 1.